The molecule has 0 aromatic heterocycles. The quantitative estimate of drug-likeness (QED) is 0.725. The van der Waals surface area contributed by atoms with Crippen LogP contribution in [0.5, 0.6) is 0 Å². The predicted molar refractivity (Wildman–Crippen MR) is 78.6 cm³/mol. The van der Waals surface area contributed by atoms with E-state index in [4.69, 9.17) is 5.11 Å². The zero-order chi connectivity index (χ0) is 14.6. The number of carbonyl (C=O) groups is 1. The number of nitrogens with one attached hydrogen (secondary N) is 1. The number of aliphatic hydroxyl groups is 1. The molecule has 3 N–H and O–H groups in total. The standard InChI is InChI=1S/C16H29NO3/c1-12(13-5-3-2-4-6-13)17-11-16(20)9-7-14(8-10-16)15(18)19/h12-14,17,20H,2-11H2,1H3,(H,18,19)/t12-,14?,16?/m0/s1. The highest BCUT2D eigenvalue weighted by molar-refractivity contribution is 5.70. The molecule has 0 unspecified atom stereocenters. The molecule has 2 saturated carbocycles. The normalized spacial score (nSPS) is 33.8. The summed E-state index contributed by atoms with van der Waals surface area (Å²) in [5.41, 5.74) is -0.700. The number of carboxylic acids is 1. The van der Waals surface area contributed by atoms with Gasteiger partial charge in [0.15, 0.2) is 0 Å². The van der Waals surface area contributed by atoms with Gasteiger partial charge in [-0.1, -0.05) is 19.3 Å². The van der Waals surface area contributed by atoms with E-state index < -0.39 is 11.6 Å². The fraction of sp³-hybridized carbons (Fsp3) is 0.938. The van der Waals surface area contributed by atoms with Crippen LogP contribution in [-0.4, -0.2) is 34.4 Å². The Morgan fingerprint density at radius 2 is 1.80 bits per heavy atom. The maximum absolute atomic E-state index is 10.9. The molecule has 20 heavy (non-hydrogen) atoms. The highest BCUT2D eigenvalue weighted by Gasteiger charge is 2.36. The van der Waals surface area contributed by atoms with Gasteiger partial charge in [0.05, 0.1) is 11.5 Å². The Labute approximate surface area is 122 Å². The molecule has 2 rings (SSSR count). The van der Waals surface area contributed by atoms with Gasteiger partial charge in [0, 0.05) is 12.6 Å². The van der Waals surface area contributed by atoms with Crippen molar-refractivity contribution in [3.05, 3.63) is 0 Å². The van der Waals surface area contributed by atoms with E-state index in [-0.39, 0.29) is 5.92 Å². The van der Waals surface area contributed by atoms with Gasteiger partial charge in [0.1, 0.15) is 0 Å². The molecule has 1 atom stereocenters. The third-order valence-electron chi connectivity index (χ3n) is 5.38. The molecule has 2 aliphatic rings. The molecule has 0 aromatic carbocycles. The van der Waals surface area contributed by atoms with Crippen molar-refractivity contribution >= 4 is 5.97 Å². The second kappa shape index (κ2) is 6.90. The summed E-state index contributed by atoms with van der Waals surface area (Å²) in [4.78, 5) is 10.9. The molecule has 2 aliphatic carbocycles. The molecule has 0 amide bonds. The van der Waals surface area contributed by atoms with Crippen LogP contribution in [0, 0.1) is 11.8 Å². The minimum Gasteiger partial charge on any atom is -0.481 e. The molecular formula is C16H29NO3. The lowest BCUT2D eigenvalue weighted by atomic mass is 9.78. The fourth-order valence-corrected chi connectivity index (χ4v) is 3.73. The van der Waals surface area contributed by atoms with E-state index >= 15 is 0 Å². The predicted octanol–water partition coefficient (Wildman–Crippen LogP) is 2.55. The maximum atomic E-state index is 10.9. The van der Waals surface area contributed by atoms with Crippen LogP contribution in [-0.2, 0) is 4.79 Å². The highest BCUT2D eigenvalue weighted by atomic mass is 16.4. The lowest BCUT2D eigenvalue weighted by molar-refractivity contribution is -0.144. The van der Waals surface area contributed by atoms with Crippen molar-refractivity contribution < 1.29 is 15.0 Å². The van der Waals surface area contributed by atoms with Crippen LogP contribution in [0.25, 0.3) is 0 Å². The molecule has 2 fully saturated rings. The summed E-state index contributed by atoms with van der Waals surface area (Å²) in [5.74, 6) is -0.232. The SMILES string of the molecule is C[C@H](NCC1(O)CCC(C(=O)O)CC1)C1CCCCC1. The number of hydrogen-bond donors (Lipinski definition) is 3. The van der Waals surface area contributed by atoms with Crippen molar-refractivity contribution in [2.24, 2.45) is 11.8 Å². The van der Waals surface area contributed by atoms with Crippen LogP contribution in [0.2, 0.25) is 0 Å². The summed E-state index contributed by atoms with van der Waals surface area (Å²) >= 11 is 0. The minimum atomic E-state index is -0.712. The molecule has 0 saturated heterocycles. The van der Waals surface area contributed by atoms with Crippen LogP contribution in [0.1, 0.15) is 64.7 Å². The lowest BCUT2D eigenvalue weighted by Crippen LogP contribution is -2.48. The van der Waals surface area contributed by atoms with Gasteiger partial charge in [0.25, 0.3) is 0 Å². The largest absolute Gasteiger partial charge is 0.481 e. The highest BCUT2D eigenvalue weighted by Crippen LogP contribution is 2.32. The fourth-order valence-electron chi connectivity index (χ4n) is 3.73. The summed E-state index contributed by atoms with van der Waals surface area (Å²) in [6.07, 6.45) is 9.05. The van der Waals surface area contributed by atoms with Gasteiger partial charge in [0.2, 0.25) is 0 Å². The Bertz CT molecular complexity index is 318. The van der Waals surface area contributed by atoms with Crippen LogP contribution >= 0.6 is 0 Å². The second-order valence-electron chi connectivity index (χ2n) is 6.90. The molecule has 0 aliphatic heterocycles. The molecule has 0 radical (unpaired) electrons. The monoisotopic (exact) mass is 283 g/mol. The number of aliphatic carboxylic acids is 1. The third-order valence-corrected chi connectivity index (χ3v) is 5.38. The van der Waals surface area contributed by atoms with E-state index in [0.29, 0.717) is 38.3 Å². The smallest absolute Gasteiger partial charge is 0.306 e. The van der Waals surface area contributed by atoms with Gasteiger partial charge >= 0.3 is 5.97 Å². The van der Waals surface area contributed by atoms with Crippen molar-refractivity contribution in [3.8, 4) is 0 Å². The second-order valence-corrected chi connectivity index (χ2v) is 6.90. The van der Waals surface area contributed by atoms with Gasteiger partial charge in [-0.05, 0) is 51.4 Å². The first kappa shape index (κ1) is 15.8. The lowest BCUT2D eigenvalue weighted by Gasteiger charge is -2.37. The zero-order valence-corrected chi connectivity index (χ0v) is 12.6. The first-order valence-corrected chi connectivity index (χ1v) is 8.19. The van der Waals surface area contributed by atoms with Crippen molar-refractivity contribution in [2.75, 3.05) is 6.54 Å². The van der Waals surface area contributed by atoms with Crippen LogP contribution in [0.3, 0.4) is 0 Å². The molecule has 0 heterocycles. The molecular weight excluding hydrogens is 254 g/mol. The van der Waals surface area contributed by atoms with E-state index in [1.807, 2.05) is 0 Å². The van der Waals surface area contributed by atoms with Gasteiger partial charge < -0.3 is 15.5 Å². The van der Waals surface area contributed by atoms with Gasteiger partial charge in [-0.3, -0.25) is 4.79 Å². The van der Waals surface area contributed by atoms with Crippen molar-refractivity contribution in [3.63, 3.8) is 0 Å². The number of rotatable bonds is 5. The van der Waals surface area contributed by atoms with E-state index in [1.165, 1.54) is 32.1 Å². The van der Waals surface area contributed by atoms with Gasteiger partial charge in [-0.25, -0.2) is 0 Å². The minimum absolute atomic E-state index is 0.258. The summed E-state index contributed by atoms with van der Waals surface area (Å²) in [6, 6.07) is 0.455. The Kier molecular flexibility index (Phi) is 5.44. The maximum Gasteiger partial charge on any atom is 0.306 e. The van der Waals surface area contributed by atoms with Crippen LogP contribution < -0.4 is 5.32 Å². The van der Waals surface area contributed by atoms with Crippen molar-refractivity contribution in [1.82, 2.24) is 5.32 Å². The van der Waals surface area contributed by atoms with Crippen LogP contribution in [0.15, 0.2) is 0 Å². The van der Waals surface area contributed by atoms with E-state index in [2.05, 4.69) is 12.2 Å². The molecule has 116 valence electrons. The van der Waals surface area contributed by atoms with Crippen LogP contribution in [0.4, 0.5) is 0 Å². The Hall–Kier alpha value is -0.610. The Balaban J connectivity index is 1.74. The first-order valence-electron chi connectivity index (χ1n) is 8.19. The summed E-state index contributed by atoms with van der Waals surface area (Å²) in [6.45, 7) is 2.83. The summed E-state index contributed by atoms with van der Waals surface area (Å²) in [5, 5.41) is 23.1. The van der Waals surface area contributed by atoms with Crippen molar-refractivity contribution in [2.45, 2.75) is 76.4 Å². The molecule has 0 bridgehead atoms. The average molecular weight is 283 g/mol. The first-order chi connectivity index (χ1) is 9.50. The molecule has 0 aromatic rings. The number of carboxylic acid groups (broad SMARTS) is 1. The Morgan fingerprint density at radius 3 is 2.35 bits per heavy atom. The summed E-state index contributed by atoms with van der Waals surface area (Å²) < 4.78 is 0. The molecule has 4 heteroatoms. The third kappa shape index (κ3) is 4.19. The van der Waals surface area contributed by atoms with Gasteiger partial charge in [-0.15, -0.1) is 0 Å². The molecule has 4 nitrogen and oxygen atoms in total. The average Bonchev–Trinajstić information content (AvgIpc) is 2.46. The summed E-state index contributed by atoms with van der Waals surface area (Å²) in [7, 11) is 0. The topological polar surface area (TPSA) is 69.6 Å². The zero-order valence-electron chi connectivity index (χ0n) is 12.6. The van der Waals surface area contributed by atoms with E-state index in [0.717, 1.165) is 5.92 Å². The van der Waals surface area contributed by atoms with E-state index in [9.17, 15) is 9.90 Å². The van der Waals surface area contributed by atoms with Crippen molar-refractivity contribution in [1.29, 1.82) is 0 Å². The molecule has 0 spiro atoms. The number of hydrogen-bond acceptors (Lipinski definition) is 3. The van der Waals surface area contributed by atoms with E-state index in [1.54, 1.807) is 0 Å². The Morgan fingerprint density at radius 1 is 1.20 bits per heavy atom. The van der Waals surface area contributed by atoms with Gasteiger partial charge in [-0.2, -0.15) is 0 Å².